The van der Waals surface area contributed by atoms with E-state index in [2.05, 4.69) is 5.32 Å². The minimum absolute atomic E-state index is 0.183. The van der Waals surface area contributed by atoms with Crippen molar-refractivity contribution in [3.05, 3.63) is 35.3 Å². The number of rotatable bonds is 8. The van der Waals surface area contributed by atoms with Gasteiger partial charge in [0.25, 0.3) is 0 Å². The van der Waals surface area contributed by atoms with Gasteiger partial charge >= 0.3 is 5.97 Å². The van der Waals surface area contributed by atoms with Gasteiger partial charge in [-0.2, -0.15) is 0 Å². The lowest BCUT2D eigenvalue weighted by Gasteiger charge is -2.38. The molecular formula is C26H36FN5O4. The number of benzene rings is 1. The van der Waals surface area contributed by atoms with Crippen molar-refractivity contribution in [3.8, 4) is 0 Å². The van der Waals surface area contributed by atoms with Gasteiger partial charge in [-0.15, -0.1) is 0 Å². The van der Waals surface area contributed by atoms with Crippen molar-refractivity contribution >= 4 is 29.2 Å². The first-order chi connectivity index (χ1) is 17.0. The molecule has 0 aromatic heterocycles. The Morgan fingerprint density at radius 3 is 2.36 bits per heavy atom. The van der Waals surface area contributed by atoms with Gasteiger partial charge in [0, 0.05) is 50.5 Å². The third-order valence-electron chi connectivity index (χ3n) is 7.04. The van der Waals surface area contributed by atoms with Crippen LogP contribution in [0.3, 0.4) is 0 Å². The number of carboxylic acid groups (broad SMARTS) is 1. The van der Waals surface area contributed by atoms with Gasteiger partial charge in [0.05, 0.1) is 17.3 Å². The molecule has 1 saturated carbocycles. The highest BCUT2D eigenvalue weighted by molar-refractivity contribution is 5.90. The second kappa shape index (κ2) is 10.5. The highest BCUT2D eigenvalue weighted by atomic mass is 19.1. The second-order valence-electron chi connectivity index (χ2n) is 10.5. The molecule has 2 heterocycles. The number of nitrogens with one attached hydrogen (secondary N) is 1. The molecule has 2 fully saturated rings. The van der Waals surface area contributed by atoms with Crippen molar-refractivity contribution in [3.63, 3.8) is 0 Å². The molecule has 2 amide bonds. The van der Waals surface area contributed by atoms with E-state index in [0.29, 0.717) is 43.9 Å². The Kier molecular flexibility index (Phi) is 7.54. The Bertz CT molecular complexity index is 1060. The Morgan fingerprint density at radius 2 is 1.78 bits per heavy atom. The van der Waals surface area contributed by atoms with Crippen molar-refractivity contribution in [2.24, 2.45) is 11.7 Å². The van der Waals surface area contributed by atoms with Crippen LogP contribution in [0.4, 0.5) is 15.8 Å². The van der Waals surface area contributed by atoms with Gasteiger partial charge in [-0.25, -0.2) is 9.18 Å². The number of piperazine rings is 1. The predicted octanol–water partition coefficient (Wildman–Crippen LogP) is 1.85. The van der Waals surface area contributed by atoms with Gasteiger partial charge in [0.1, 0.15) is 11.9 Å². The number of amides is 2. The van der Waals surface area contributed by atoms with E-state index < -0.39 is 23.9 Å². The summed E-state index contributed by atoms with van der Waals surface area (Å²) in [5, 5.41) is 12.2. The fraction of sp³-hybridized carbons (Fsp3) is 0.577. The molecule has 0 radical (unpaired) electrons. The van der Waals surface area contributed by atoms with Crippen LogP contribution >= 0.6 is 0 Å². The fourth-order valence-electron chi connectivity index (χ4n) is 4.93. The number of hydrogen-bond donors (Lipinski definition) is 3. The number of hydrogen-bond acceptors (Lipinski definition) is 6. The van der Waals surface area contributed by atoms with Crippen LogP contribution in [0.2, 0.25) is 0 Å². The molecular weight excluding hydrogens is 465 g/mol. The molecule has 1 saturated heterocycles. The average Bonchev–Trinajstić information content (AvgIpc) is 3.67. The zero-order valence-corrected chi connectivity index (χ0v) is 21.2. The molecule has 4 N–H and O–H groups in total. The monoisotopic (exact) mass is 501 g/mol. The van der Waals surface area contributed by atoms with Crippen molar-refractivity contribution in [1.29, 1.82) is 0 Å². The van der Waals surface area contributed by atoms with Crippen molar-refractivity contribution < 1.29 is 23.9 Å². The lowest BCUT2D eigenvalue weighted by Crippen LogP contribution is -2.56. The number of carbonyl (C=O) groups excluding carboxylic acids is 2. The van der Waals surface area contributed by atoms with E-state index >= 15 is 4.39 Å². The number of carbonyl (C=O) groups is 3. The van der Waals surface area contributed by atoms with E-state index in [1.54, 1.807) is 18.0 Å². The van der Waals surface area contributed by atoms with Crippen molar-refractivity contribution in [2.75, 3.05) is 36.0 Å². The number of carboxylic acids is 1. The molecule has 2 aliphatic heterocycles. The molecule has 0 bridgehead atoms. The molecule has 1 aromatic carbocycles. The molecule has 0 unspecified atom stereocenters. The number of nitrogens with zero attached hydrogens (tertiary/aromatic N) is 3. The molecule has 4 rings (SSSR count). The topological polar surface area (TPSA) is 119 Å². The van der Waals surface area contributed by atoms with E-state index in [1.807, 2.05) is 29.7 Å². The third-order valence-corrected chi connectivity index (χ3v) is 7.04. The van der Waals surface area contributed by atoms with E-state index in [9.17, 15) is 19.5 Å². The minimum atomic E-state index is -0.983. The molecule has 196 valence electrons. The maximum atomic E-state index is 15.2. The molecule has 1 aromatic rings. The summed E-state index contributed by atoms with van der Waals surface area (Å²) in [5.74, 6) is -1.61. The summed E-state index contributed by atoms with van der Waals surface area (Å²) in [5.41, 5.74) is 8.18. The summed E-state index contributed by atoms with van der Waals surface area (Å²) in [7, 11) is 0. The highest BCUT2D eigenvalue weighted by Gasteiger charge is 2.35. The maximum Gasteiger partial charge on any atom is 0.333 e. The summed E-state index contributed by atoms with van der Waals surface area (Å²) in [6, 6.07) is 2.17. The highest BCUT2D eigenvalue weighted by Crippen LogP contribution is 2.41. The number of anilines is 2. The largest absolute Gasteiger partial charge is 0.478 e. The zero-order chi connectivity index (χ0) is 26.1. The van der Waals surface area contributed by atoms with Gasteiger partial charge in [-0.05, 0) is 49.8 Å². The van der Waals surface area contributed by atoms with E-state index in [0.717, 1.165) is 18.5 Å². The maximum absolute atomic E-state index is 15.2. The first kappa shape index (κ1) is 25.9. The van der Waals surface area contributed by atoms with E-state index in [1.165, 1.54) is 6.07 Å². The van der Waals surface area contributed by atoms with Crippen LogP contribution in [-0.4, -0.2) is 72.1 Å². The lowest BCUT2D eigenvalue weighted by molar-refractivity contribution is -0.136. The van der Waals surface area contributed by atoms with E-state index in [4.69, 9.17) is 5.73 Å². The normalized spacial score (nSPS) is 19.5. The fourth-order valence-corrected chi connectivity index (χ4v) is 4.93. The molecule has 0 spiro atoms. The molecule has 3 aliphatic rings. The van der Waals surface area contributed by atoms with Crippen molar-refractivity contribution in [1.82, 2.24) is 10.2 Å². The van der Waals surface area contributed by atoms with Gasteiger partial charge in [-0.3, -0.25) is 9.59 Å². The molecule has 10 heteroatoms. The summed E-state index contributed by atoms with van der Waals surface area (Å²) in [6.07, 6.45) is 4.38. The molecule has 36 heavy (non-hydrogen) atoms. The van der Waals surface area contributed by atoms with Gasteiger partial charge in [-0.1, -0.05) is 13.8 Å². The number of nitrogens with two attached hydrogens (primary N) is 1. The average molecular weight is 502 g/mol. The Balaban J connectivity index is 1.40. The van der Waals surface area contributed by atoms with Crippen LogP contribution in [-0.2, 0) is 20.8 Å². The molecule has 9 nitrogen and oxygen atoms in total. The first-order valence-corrected chi connectivity index (χ1v) is 12.7. The summed E-state index contributed by atoms with van der Waals surface area (Å²) < 4.78 is 15.2. The number of halogens is 1. The van der Waals surface area contributed by atoms with Crippen LogP contribution in [0.15, 0.2) is 23.9 Å². The summed E-state index contributed by atoms with van der Waals surface area (Å²) in [6.45, 7) is 7.35. The standard InChI is InChI=1S/C26H36FN5O4/c1-15(2)10-21(28)24(33)29-16(3)25(34)31-8-6-30(7-9-31)23-13-22-17(12-20(23)27)11-18(26(35)36)14-32(22)19-4-5-19/h12-16,19,21H,4-11,28H2,1-3H3,(H,29,33)(H,35,36)/t16-,21-/m0/s1. The summed E-state index contributed by atoms with van der Waals surface area (Å²) >= 11 is 0. The van der Waals surface area contributed by atoms with Crippen LogP contribution in [0.1, 0.15) is 45.6 Å². The van der Waals surface area contributed by atoms with Crippen molar-refractivity contribution in [2.45, 2.75) is 64.6 Å². The van der Waals surface area contributed by atoms with Crippen LogP contribution in [0.5, 0.6) is 0 Å². The van der Waals surface area contributed by atoms with Crippen LogP contribution in [0.25, 0.3) is 0 Å². The third kappa shape index (κ3) is 5.64. The Morgan fingerprint density at radius 1 is 1.11 bits per heavy atom. The van der Waals surface area contributed by atoms with Gasteiger partial charge in [0.2, 0.25) is 11.8 Å². The minimum Gasteiger partial charge on any atom is -0.478 e. The Hall–Kier alpha value is -3.14. The van der Waals surface area contributed by atoms with Gasteiger partial charge < -0.3 is 30.9 Å². The summed E-state index contributed by atoms with van der Waals surface area (Å²) in [4.78, 5) is 42.4. The van der Waals surface area contributed by atoms with Crippen LogP contribution in [0, 0.1) is 11.7 Å². The number of fused-ring (bicyclic) bond motifs is 1. The smallest absolute Gasteiger partial charge is 0.333 e. The first-order valence-electron chi connectivity index (χ1n) is 12.7. The number of aliphatic carboxylic acids is 1. The van der Waals surface area contributed by atoms with Crippen LogP contribution < -0.4 is 20.9 Å². The quantitative estimate of drug-likeness (QED) is 0.497. The predicted molar refractivity (Wildman–Crippen MR) is 135 cm³/mol. The lowest BCUT2D eigenvalue weighted by atomic mass is 9.98. The van der Waals surface area contributed by atoms with E-state index in [-0.39, 0.29) is 35.8 Å². The zero-order valence-electron chi connectivity index (χ0n) is 21.2. The second-order valence-corrected chi connectivity index (χ2v) is 10.5. The Labute approximate surface area is 211 Å². The molecule has 1 aliphatic carbocycles. The SMILES string of the molecule is CC(C)C[C@H](N)C(=O)N[C@@H](C)C(=O)N1CCN(c2cc3c(cc2F)CC(C(=O)O)=CN3C2CC2)CC1. The van der Waals surface area contributed by atoms with Gasteiger partial charge in [0.15, 0.2) is 0 Å². The molecule has 2 atom stereocenters.